The molecule has 0 N–H and O–H groups in total. The second-order valence-electron chi connectivity index (χ2n) is 2.68. The number of rotatable bonds is 4. The third kappa shape index (κ3) is 2.72. The van der Waals surface area contributed by atoms with Crippen LogP contribution in [0.5, 0.6) is 5.75 Å². The number of para-hydroxylation sites is 1. The van der Waals surface area contributed by atoms with E-state index in [2.05, 4.69) is 4.74 Å². The molecule has 0 aliphatic heterocycles. The molecule has 0 aliphatic rings. The van der Waals surface area contributed by atoms with Crippen LogP contribution in [0.3, 0.4) is 0 Å². The molecule has 0 saturated carbocycles. The van der Waals surface area contributed by atoms with Crippen molar-refractivity contribution in [1.29, 1.82) is 0 Å². The van der Waals surface area contributed by atoms with Gasteiger partial charge in [0, 0.05) is 13.5 Å². The quantitative estimate of drug-likeness (QED) is 0.662. The summed E-state index contributed by atoms with van der Waals surface area (Å²) < 4.78 is 9.74. The Kier molecular flexibility index (Phi) is 3.73. The summed E-state index contributed by atoms with van der Waals surface area (Å²) in [7, 11) is 3.00. The fourth-order valence-corrected chi connectivity index (χ4v) is 1.13. The van der Waals surface area contributed by atoms with Gasteiger partial charge < -0.3 is 9.47 Å². The minimum absolute atomic E-state index is 0.334. The van der Waals surface area contributed by atoms with Crippen LogP contribution < -0.4 is 4.74 Å². The van der Waals surface area contributed by atoms with E-state index in [1.54, 1.807) is 7.11 Å². The summed E-state index contributed by atoms with van der Waals surface area (Å²) in [5.74, 6) is 0.736. The van der Waals surface area contributed by atoms with Crippen molar-refractivity contribution in [2.75, 3.05) is 14.2 Å². The highest BCUT2D eigenvalue weighted by Gasteiger charge is 2.08. The maximum Gasteiger partial charge on any atom is 0.195 e. The Hall–Kier alpha value is -1.06. The summed E-state index contributed by atoms with van der Waals surface area (Å²) in [5.41, 5.74) is 0.881. The maximum absolute atomic E-state index is 11.1. The Morgan fingerprint density at radius 2 is 2.00 bits per heavy atom. The van der Waals surface area contributed by atoms with Crippen molar-refractivity contribution in [2.45, 2.75) is 12.7 Å². The van der Waals surface area contributed by atoms with Gasteiger partial charge in [-0.25, -0.2) is 5.11 Å². The van der Waals surface area contributed by atoms with Crippen LogP contribution in [-0.2, 0) is 16.3 Å². The minimum Gasteiger partial charge on any atom is -0.496 e. The molecule has 1 radical (unpaired) electrons. The third-order valence-corrected chi connectivity index (χ3v) is 1.84. The first-order chi connectivity index (χ1) is 6.27. The van der Waals surface area contributed by atoms with Gasteiger partial charge >= 0.3 is 0 Å². The summed E-state index contributed by atoms with van der Waals surface area (Å²) in [4.78, 5) is 0. The zero-order valence-corrected chi connectivity index (χ0v) is 7.82. The number of hydrogen-bond acceptors (Lipinski definition) is 2. The van der Waals surface area contributed by atoms with Gasteiger partial charge in [0.15, 0.2) is 6.29 Å². The topological polar surface area (TPSA) is 38.4 Å². The highest BCUT2D eigenvalue weighted by Crippen LogP contribution is 2.18. The smallest absolute Gasteiger partial charge is 0.195 e. The fourth-order valence-electron chi connectivity index (χ4n) is 1.13. The minimum atomic E-state index is -1.02. The molecule has 3 heteroatoms. The molecule has 1 atom stereocenters. The molecule has 71 valence electrons. The molecule has 13 heavy (non-hydrogen) atoms. The van der Waals surface area contributed by atoms with Crippen LogP contribution in [0.2, 0.25) is 0 Å². The van der Waals surface area contributed by atoms with E-state index >= 15 is 0 Å². The molecule has 1 aromatic carbocycles. The Bertz CT molecular complexity index is 260. The predicted molar refractivity (Wildman–Crippen MR) is 48.2 cm³/mol. The lowest BCUT2D eigenvalue weighted by Gasteiger charge is -2.09. The van der Waals surface area contributed by atoms with Crippen molar-refractivity contribution in [3.63, 3.8) is 0 Å². The summed E-state index contributed by atoms with van der Waals surface area (Å²) >= 11 is 0. The first-order valence-corrected chi connectivity index (χ1v) is 4.08. The Balaban J connectivity index is 2.74. The molecular formula is C10H13O3. The molecule has 0 fully saturated rings. The molecule has 0 saturated heterocycles. The molecule has 0 aromatic heterocycles. The Morgan fingerprint density at radius 3 is 2.62 bits per heavy atom. The number of hydrogen-bond donors (Lipinski definition) is 0. The van der Waals surface area contributed by atoms with E-state index in [1.165, 1.54) is 7.11 Å². The standard InChI is InChI=1S/C10H13O3/c1-12-9-6-4-3-5-8(9)7-10(11)13-2/h3-6,10H,7H2,1-2H3. The normalized spacial score (nSPS) is 12.5. The predicted octanol–water partition coefficient (Wildman–Crippen LogP) is 1.64. The average Bonchev–Trinajstić information content (AvgIpc) is 2.18. The number of ether oxygens (including phenoxy) is 2. The monoisotopic (exact) mass is 181 g/mol. The van der Waals surface area contributed by atoms with Crippen LogP contribution in [0, 0.1) is 0 Å². The lowest BCUT2D eigenvalue weighted by atomic mass is 10.1. The second kappa shape index (κ2) is 4.84. The van der Waals surface area contributed by atoms with E-state index in [9.17, 15) is 5.11 Å². The van der Waals surface area contributed by atoms with Crippen LogP contribution >= 0.6 is 0 Å². The zero-order valence-electron chi connectivity index (χ0n) is 7.82. The molecule has 3 nitrogen and oxygen atoms in total. The molecule has 0 amide bonds. The molecule has 0 heterocycles. The zero-order chi connectivity index (χ0) is 9.68. The van der Waals surface area contributed by atoms with Gasteiger partial charge in [-0.3, -0.25) is 0 Å². The largest absolute Gasteiger partial charge is 0.496 e. The fraction of sp³-hybridized carbons (Fsp3) is 0.400. The van der Waals surface area contributed by atoms with Crippen molar-refractivity contribution in [1.82, 2.24) is 0 Å². The molecule has 0 aliphatic carbocycles. The number of methoxy groups -OCH3 is 2. The van der Waals surface area contributed by atoms with Gasteiger partial charge in [0.05, 0.1) is 7.11 Å². The van der Waals surface area contributed by atoms with Gasteiger partial charge in [-0.2, -0.15) is 0 Å². The summed E-state index contributed by atoms with van der Waals surface area (Å²) in [6.07, 6.45) is -0.683. The van der Waals surface area contributed by atoms with Gasteiger partial charge in [-0.15, -0.1) is 0 Å². The van der Waals surface area contributed by atoms with Gasteiger partial charge in [0.2, 0.25) is 0 Å². The van der Waals surface area contributed by atoms with Gasteiger partial charge in [0.1, 0.15) is 5.75 Å². The lowest BCUT2D eigenvalue weighted by molar-refractivity contribution is -0.117. The van der Waals surface area contributed by atoms with Crippen LogP contribution in [-0.4, -0.2) is 20.5 Å². The molecule has 0 bridgehead atoms. The van der Waals surface area contributed by atoms with E-state index in [4.69, 9.17) is 4.74 Å². The average molecular weight is 181 g/mol. The van der Waals surface area contributed by atoms with Crippen LogP contribution in [0.15, 0.2) is 24.3 Å². The van der Waals surface area contributed by atoms with E-state index in [0.29, 0.717) is 6.42 Å². The first-order valence-electron chi connectivity index (χ1n) is 4.08. The van der Waals surface area contributed by atoms with E-state index in [1.807, 2.05) is 24.3 Å². The summed E-state index contributed by atoms with van der Waals surface area (Å²) in [6.45, 7) is 0. The highest BCUT2D eigenvalue weighted by molar-refractivity contribution is 5.33. The second-order valence-corrected chi connectivity index (χ2v) is 2.68. The van der Waals surface area contributed by atoms with Gasteiger partial charge in [0.25, 0.3) is 0 Å². The molecule has 1 aromatic rings. The summed E-state index contributed by atoms with van der Waals surface area (Å²) in [6, 6.07) is 7.44. The van der Waals surface area contributed by atoms with Crippen molar-refractivity contribution >= 4 is 0 Å². The first kappa shape index (κ1) is 10.0. The maximum atomic E-state index is 11.1. The third-order valence-electron chi connectivity index (χ3n) is 1.84. The van der Waals surface area contributed by atoms with Crippen LogP contribution in [0.4, 0.5) is 0 Å². The van der Waals surface area contributed by atoms with E-state index in [0.717, 1.165) is 11.3 Å². The molecule has 1 unspecified atom stereocenters. The molecular weight excluding hydrogens is 168 g/mol. The molecule has 1 rings (SSSR count). The molecule has 0 spiro atoms. The highest BCUT2D eigenvalue weighted by atomic mass is 16.6. The van der Waals surface area contributed by atoms with Crippen molar-refractivity contribution in [3.8, 4) is 5.75 Å². The van der Waals surface area contributed by atoms with Gasteiger partial charge in [-0.1, -0.05) is 18.2 Å². The Labute approximate surface area is 77.9 Å². The van der Waals surface area contributed by atoms with E-state index < -0.39 is 6.29 Å². The SMILES string of the molecule is COc1ccccc1CC([O])OC. The summed E-state index contributed by atoms with van der Waals surface area (Å²) in [5, 5.41) is 11.1. The van der Waals surface area contributed by atoms with Gasteiger partial charge in [-0.05, 0) is 11.6 Å². The Morgan fingerprint density at radius 1 is 1.31 bits per heavy atom. The lowest BCUT2D eigenvalue weighted by Crippen LogP contribution is -2.11. The van der Waals surface area contributed by atoms with Crippen molar-refractivity contribution < 1.29 is 14.6 Å². The van der Waals surface area contributed by atoms with Crippen molar-refractivity contribution in [3.05, 3.63) is 29.8 Å². The van der Waals surface area contributed by atoms with Crippen LogP contribution in [0.25, 0.3) is 0 Å². The number of benzene rings is 1. The van der Waals surface area contributed by atoms with Crippen molar-refractivity contribution in [2.24, 2.45) is 0 Å². The van der Waals surface area contributed by atoms with E-state index in [-0.39, 0.29) is 0 Å². The van der Waals surface area contributed by atoms with Crippen LogP contribution in [0.1, 0.15) is 5.56 Å².